The lowest BCUT2D eigenvalue weighted by atomic mass is 10.4. The van der Waals surface area contributed by atoms with Crippen LogP contribution in [0.25, 0.3) is 22.2 Å². The summed E-state index contributed by atoms with van der Waals surface area (Å²) in [5.41, 5.74) is 1.94. The average Bonchev–Trinajstić information content (AvgIpc) is 3.06. The molecule has 8 nitrogen and oxygen atoms in total. The van der Waals surface area contributed by atoms with E-state index in [1.165, 1.54) is 18.1 Å². The molecule has 4 aromatic heterocycles. The smallest absolute Gasteiger partial charge is 0.225 e. The first-order valence-corrected chi connectivity index (χ1v) is 6.69. The van der Waals surface area contributed by atoms with Crippen LogP contribution in [0.3, 0.4) is 0 Å². The lowest BCUT2D eigenvalue weighted by Gasteiger charge is -2.02. The van der Waals surface area contributed by atoms with Gasteiger partial charge < -0.3 is 4.98 Å². The van der Waals surface area contributed by atoms with Gasteiger partial charge in [0.2, 0.25) is 5.28 Å². The number of rotatable bonds is 2. The number of aromatic nitrogens is 8. The van der Waals surface area contributed by atoms with Crippen molar-refractivity contribution in [2.24, 2.45) is 0 Å². The first-order chi connectivity index (χ1) is 9.81. The van der Waals surface area contributed by atoms with E-state index in [1.807, 2.05) is 0 Å². The van der Waals surface area contributed by atoms with Crippen LogP contribution in [0, 0.1) is 0 Å². The Balaban J connectivity index is 1.88. The van der Waals surface area contributed by atoms with E-state index < -0.39 is 0 Å². The van der Waals surface area contributed by atoms with E-state index in [-0.39, 0.29) is 5.28 Å². The van der Waals surface area contributed by atoms with Crippen molar-refractivity contribution in [1.29, 1.82) is 0 Å². The van der Waals surface area contributed by atoms with Gasteiger partial charge in [0, 0.05) is 0 Å². The highest BCUT2D eigenvalue weighted by Crippen LogP contribution is 2.32. The summed E-state index contributed by atoms with van der Waals surface area (Å²) in [6.45, 7) is 0. The second kappa shape index (κ2) is 4.39. The molecular formula is C10H5ClN8S. The van der Waals surface area contributed by atoms with E-state index in [1.54, 1.807) is 12.5 Å². The molecule has 0 aliphatic carbocycles. The van der Waals surface area contributed by atoms with Crippen molar-refractivity contribution < 1.29 is 0 Å². The molecule has 0 spiro atoms. The maximum atomic E-state index is 5.91. The zero-order valence-electron chi connectivity index (χ0n) is 9.70. The first kappa shape index (κ1) is 11.6. The molecule has 0 fully saturated rings. The molecule has 4 heterocycles. The lowest BCUT2D eigenvalue weighted by molar-refractivity contribution is 1.05. The molecule has 0 saturated carbocycles. The summed E-state index contributed by atoms with van der Waals surface area (Å²) in [7, 11) is 0. The molecule has 0 unspecified atom stereocenters. The molecule has 0 aromatic carbocycles. The Morgan fingerprint density at radius 2 is 2.05 bits per heavy atom. The van der Waals surface area contributed by atoms with Gasteiger partial charge in [-0.1, -0.05) is 0 Å². The second-order valence-corrected chi connectivity index (χ2v) is 5.13. The summed E-state index contributed by atoms with van der Waals surface area (Å²) in [6, 6.07) is 0. The highest BCUT2D eigenvalue weighted by molar-refractivity contribution is 7.99. The van der Waals surface area contributed by atoms with Gasteiger partial charge >= 0.3 is 0 Å². The van der Waals surface area contributed by atoms with E-state index in [2.05, 4.69) is 40.1 Å². The van der Waals surface area contributed by atoms with Crippen LogP contribution in [0.15, 0.2) is 28.9 Å². The van der Waals surface area contributed by atoms with Gasteiger partial charge in [0.15, 0.2) is 11.3 Å². The quantitative estimate of drug-likeness (QED) is 0.429. The Labute approximate surface area is 120 Å². The maximum Gasteiger partial charge on any atom is 0.225 e. The maximum absolute atomic E-state index is 5.91. The Morgan fingerprint density at radius 1 is 1.10 bits per heavy atom. The fourth-order valence-electron chi connectivity index (χ4n) is 1.77. The number of nitrogens with zero attached hydrogens (tertiary/aromatic N) is 6. The SMILES string of the molecule is Clc1nc(Sc2ncnc3nc[nH]c23)c2cn[nH]c2n1. The number of hydrogen-bond donors (Lipinski definition) is 2. The van der Waals surface area contributed by atoms with Crippen LogP contribution in [0.5, 0.6) is 0 Å². The number of aromatic amines is 2. The van der Waals surface area contributed by atoms with Gasteiger partial charge in [0.1, 0.15) is 21.9 Å². The largest absolute Gasteiger partial charge is 0.341 e. The fraction of sp³-hybridized carbons (Fsp3) is 0. The zero-order valence-corrected chi connectivity index (χ0v) is 11.3. The van der Waals surface area contributed by atoms with Crippen molar-refractivity contribution in [2.45, 2.75) is 10.1 Å². The minimum Gasteiger partial charge on any atom is -0.341 e. The van der Waals surface area contributed by atoms with Gasteiger partial charge in [-0.2, -0.15) is 10.1 Å². The molecule has 0 aliphatic rings. The van der Waals surface area contributed by atoms with Gasteiger partial charge in [0.25, 0.3) is 0 Å². The van der Waals surface area contributed by atoms with E-state index in [0.29, 0.717) is 21.3 Å². The van der Waals surface area contributed by atoms with Crippen molar-refractivity contribution >= 4 is 45.6 Å². The fourth-order valence-corrected chi connectivity index (χ4v) is 2.92. The van der Waals surface area contributed by atoms with Crippen LogP contribution in [-0.4, -0.2) is 40.1 Å². The molecular weight excluding hydrogens is 300 g/mol. The monoisotopic (exact) mass is 304 g/mol. The minimum atomic E-state index is 0.152. The van der Waals surface area contributed by atoms with E-state index in [4.69, 9.17) is 11.6 Å². The molecule has 98 valence electrons. The van der Waals surface area contributed by atoms with Crippen molar-refractivity contribution in [3.05, 3.63) is 24.1 Å². The third kappa shape index (κ3) is 1.79. The molecule has 0 bridgehead atoms. The molecule has 20 heavy (non-hydrogen) atoms. The van der Waals surface area contributed by atoms with Crippen LogP contribution >= 0.6 is 23.4 Å². The Kier molecular flexibility index (Phi) is 2.54. The molecule has 4 rings (SSSR count). The van der Waals surface area contributed by atoms with Crippen LogP contribution in [0.4, 0.5) is 0 Å². The minimum absolute atomic E-state index is 0.152. The molecule has 0 aliphatic heterocycles. The number of nitrogens with one attached hydrogen (secondary N) is 2. The molecule has 0 amide bonds. The predicted molar refractivity (Wildman–Crippen MR) is 72.5 cm³/mol. The number of H-pyrrole nitrogens is 2. The summed E-state index contributed by atoms with van der Waals surface area (Å²) in [5.74, 6) is 0. The summed E-state index contributed by atoms with van der Waals surface area (Å²) in [4.78, 5) is 23.7. The van der Waals surface area contributed by atoms with Gasteiger partial charge in [-0.3, -0.25) is 5.10 Å². The Bertz CT molecular complexity index is 916. The topological polar surface area (TPSA) is 109 Å². The van der Waals surface area contributed by atoms with E-state index in [9.17, 15) is 0 Å². The zero-order chi connectivity index (χ0) is 13.5. The Hall–Kier alpha value is -2.26. The third-order valence-corrected chi connectivity index (χ3v) is 3.81. The summed E-state index contributed by atoms with van der Waals surface area (Å²) >= 11 is 7.26. The molecule has 10 heteroatoms. The standard InChI is InChI=1S/C10H5ClN8S/c11-10-17-6-4(1-16-19-6)8(18-10)20-9-5-7(13-2-12-5)14-3-15-9/h1-3H,(H,12,13,14,15)(H,16,17,18,19). The highest BCUT2D eigenvalue weighted by Gasteiger charge is 2.13. The molecule has 0 atom stereocenters. The van der Waals surface area contributed by atoms with Crippen molar-refractivity contribution in [3.63, 3.8) is 0 Å². The number of halogens is 1. The van der Waals surface area contributed by atoms with E-state index in [0.717, 1.165) is 10.9 Å². The lowest BCUT2D eigenvalue weighted by Crippen LogP contribution is -1.90. The van der Waals surface area contributed by atoms with Crippen LogP contribution in [0.1, 0.15) is 0 Å². The number of fused-ring (bicyclic) bond motifs is 2. The van der Waals surface area contributed by atoms with E-state index >= 15 is 0 Å². The molecule has 2 N–H and O–H groups in total. The van der Waals surface area contributed by atoms with Crippen molar-refractivity contribution in [1.82, 2.24) is 40.1 Å². The van der Waals surface area contributed by atoms with Crippen LogP contribution in [-0.2, 0) is 0 Å². The van der Waals surface area contributed by atoms with Gasteiger partial charge in [0.05, 0.1) is 17.9 Å². The predicted octanol–water partition coefficient (Wildman–Crippen LogP) is 1.82. The van der Waals surface area contributed by atoms with Crippen molar-refractivity contribution in [2.75, 3.05) is 0 Å². The summed E-state index contributed by atoms with van der Waals surface area (Å²) < 4.78 is 0. The normalized spacial score (nSPS) is 11.4. The van der Waals surface area contributed by atoms with Crippen molar-refractivity contribution in [3.8, 4) is 0 Å². The number of imidazole rings is 1. The van der Waals surface area contributed by atoms with Gasteiger partial charge in [-0.15, -0.1) is 0 Å². The summed E-state index contributed by atoms with van der Waals surface area (Å²) in [6.07, 6.45) is 4.68. The molecule has 4 aromatic rings. The second-order valence-electron chi connectivity index (χ2n) is 3.81. The van der Waals surface area contributed by atoms with Crippen LogP contribution < -0.4 is 0 Å². The Morgan fingerprint density at radius 3 is 3.00 bits per heavy atom. The number of hydrogen-bond acceptors (Lipinski definition) is 7. The molecule has 0 saturated heterocycles. The third-order valence-electron chi connectivity index (χ3n) is 2.63. The van der Waals surface area contributed by atoms with Gasteiger partial charge in [-0.05, 0) is 23.4 Å². The first-order valence-electron chi connectivity index (χ1n) is 5.50. The highest BCUT2D eigenvalue weighted by atomic mass is 35.5. The average molecular weight is 305 g/mol. The van der Waals surface area contributed by atoms with Crippen LogP contribution in [0.2, 0.25) is 5.28 Å². The van der Waals surface area contributed by atoms with Gasteiger partial charge in [-0.25, -0.2) is 19.9 Å². The molecule has 0 radical (unpaired) electrons. The summed E-state index contributed by atoms with van der Waals surface area (Å²) in [5, 5.41) is 9.03.